The summed E-state index contributed by atoms with van der Waals surface area (Å²) < 4.78 is 0. The quantitative estimate of drug-likeness (QED) is 0.854. The van der Waals surface area contributed by atoms with Gasteiger partial charge < -0.3 is 15.1 Å². The van der Waals surface area contributed by atoms with Gasteiger partial charge >= 0.3 is 0 Å². The summed E-state index contributed by atoms with van der Waals surface area (Å²) in [6.07, 6.45) is 7.03. The van der Waals surface area contributed by atoms with Crippen molar-refractivity contribution >= 4 is 0 Å². The SMILES string of the molecule is CN1CCCN(CC2(CNC(C)(C)C)CCCC2)CC1. The van der Waals surface area contributed by atoms with E-state index in [0.717, 1.165) is 0 Å². The first-order valence-corrected chi connectivity index (χ1v) is 8.55. The molecule has 0 aromatic rings. The number of nitrogens with one attached hydrogen (secondary N) is 1. The summed E-state index contributed by atoms with van der Waals surface area (Å²) in [4.78, 5) is 5.22. The Hall–Kier alpha value is -0.120. The average molecular weight is 281 g/mol. The molecule has 1 N–H and O–H groups in total. The lowest BCUT2D eigenvalue weighted by Gasteiger charge is -2.37. The molecule has 2 rings (SSSR count). The predicted molar refractivity (Wildman–Crippen MR) is 87.2 cm³/mol. The Balaban J connectivity index is 1.91. The summed E-state index contributed by atoms with van der Waals surface area (Å²) in [5, 5.41) is 3.78. The van der Waals surface area contributed by atoms with Gasteiger partial charge in [-0.1, -0.05) is 12.8 Å². The smallest absolute Gasteiger partial charge is 0.0109 e. The van der Waals surface area contributed by atoms with Crippen LogP contribution in [0.1, 0.15) is 52.9 Å². The van der Waals surface area contributed by atoms with Crippen LogP contribution < -0.4 is 5.32 Å². The van der Waals surface area contributed by atoms with Crippen LogP contribution in [0.15, 0.2) is 0 Å². The second kappa shape index (κ2) is 6.76. The van der Waals surface area contributed by atoms with E-state index in [1.54, 1.807) is 0 Å². The zero-order valence-electron chi connectivity index (χ0n) is 14.2. The fourth-order valence-corrected chi connectivity index (χ4v) is 3.70. The molecule has 0 aromatic carbocycles. The number of likely N-dealkylation sites (N-methyl/N-ethyl adjacent to an activating group) is 1. The lowest BCUT2D eigenvalue weighted by molar-refractivity contribution is 0.143. The monoisotopic (exact) mass is 281 g/mol. The van der Waals surface area contributed by atoms with E-state index in [-0.39, 0.29) is 5.54 Å². The van der Waals surface area contributed by atoms with Crippen LogP contribution >= 0.6 is 0 Å². The largest absolute Gasteiger partial charge is 0.311 e. The van der Waals surface area contributed by atoms with Gasteiger partial charge in [-0.25, -0.2) is 0 Å². The second-order valence-corrected chi connectivity index (χ2v) is 8.24. The zero-order chi connectivity index (χ0) is 14.6. The molecule has 1 saturated heterocycles. The van der Waals surface area contributed by atoms with Crippen LogP contribution in [-0.2, 0) is 0 Å². The van der Waals surface area contributed by atoms with Crippen LogP contribution in [0.3, 0.4) is 0 Å². The van der Waals surface area contributed by atoms with Gasteiger partial charge in [0.15, 0.2) is 0 Å². The Labute approximate surface area is 126 Å². The minimum atomic E-state index is 0.245. The van der Waals surface area contributed by atoms with Crippen LogP contribution in [0, 0.1) is 5.41 Å². The Kier molecular flexibility index (Phi) is 5.49. The van der Waals surface area contributed by atoms with E-state index in [1.165, 1.54) is 71.4 Å². The molecule has 0 radical (unpaired) electrons. The Bertz CT molecular complexity index is 289. The molecular weight excluding hydrogens is 246 g/mol. The maximum Gasteiger partial charge on any atom is 0.0109 e. The summed E-state index contributed by atoms with van der Waals surface area (Å²) in [5.41, 5.74) is 0.783. The van der Waals surface area contributed by atoms with Crippen molar-refractivity contribution in [3.8, 4) is 0 Å². The third-order valence-corrected chi connectivity index (χ3v) is 5.03. The Morgan fingerprint density at radius 3 is 2.30 bits per heavy atom. The van der Waals surface area contributed by atoms with Gasteiger partial charge in [0, 0.05) is 31.7 Å². The fraction of sp³-hybridized carbons (Fsp3) is 1.00. The van der Waals surface area contributed by atoms with Crippen LogP contribution in [0.2, 0.25) is 0 Å². The number of rotatable bonds is 4. The predicted octanol–water partition coefficient (Wildman–Crippen LogP) is 2.57. The molecule has 118 valence electrons. The molecule has 3 nitrogen and oxygen atoms in total. The number of nitrogens with zero attached hydrogens (tertiary/aromatic N) is 2. The molecular formula is C17H35N3. The van der Waals surface area contributed by atoms with Gasteiger partial charge in [-0.05, 0) is 65.6 Å². The minimum Gasteiger partial charge on any atom is -0.311 e. The molecule has 3 heteroatoms. The van der Waals surface area contributed by atoms with Gasteiger partial charge in [0.25, 0.3) is 0 Å². The van der Waals surface area contributed by atoms with Crippen LogP contribution in [0.5, 0.6) is 0 Å². The molecule has 1 aliphatic carbocycles. The first-order chi connectivity index (χ1) is 9.39. The standard InChI is InChI=1S/C17H35N3/c1-16(2,3)18-14-17(8-5-6-9-17)15-20-11-7-10-19(4)12-13-20/h18H,5-15H2,1-4H3. The summed E-state index contributed by atoms with van der Waals surface area (Å²) in [6.45, 7) is 14.4. The molecule has 1 aliphatic heterocycles. The van der Waals surface area contributed by atoms with Crippen molar-refractivity contribution in [2.24, 2.45) is 5.41 Å². The lowest BCUT2D eigenvalue weighted by Crippen LogP contribution is -2.48. The average Bonchev–Trinajstić information content (AvgIpc) is 2.72. The fourth-order valence-electron chi connectivity index (χ4n) is 3.70. The molecule has 20 heavy (non-hydrogen) atoms. The number of hydrogen-bond donors (Lipinski definition) is 1. The first-order valence-electron chi connectivity index (χ1n) is 8.55. The molecule has 1 heterocycles. The van der Waals surface area contributed by atoms with Gasteiger partial charge in [0.1, 0.15) is 0 Å². The van der Waals surface area contributed by atoms with Gasteiger partial charge in [0.05, 0.1) is 0 Å². The van der Waals surface area contributed by atoms with E-state index in [0.29, 0.717) is 5.41 Å². The molecule has 0 aromatic heterocycles. The summed E-state index contributed by atoms with van der Waals surface area (Å²) >= 11 is 0. The van der Waals surface area contributed by atoms with Crippen molar-refractivity contribution in [3.05, 3.63) is 0 Å². The third-order valence-electron chi connectivity index (χ3n) is 5.03. The minimum absolute atomic E-state index is 0.245. The normalized spacial score (nSPS) is 25.8. The van der Waals surface area contributed by atoms with Crippen molar-refractivity contribution in [2.75, 3.05) is 46.3 Å². The first kappa shape index (κ1) is 16.3. The highest BCUT2D eigenvalue weighted by atomic mass is 15.2. The van der Waals surface area contributed by atoms with Crippen molar-refractivity contribution in [3.63, 3.8) is 0 Å². The molecule has 0 bridgehead atoms. The second-order valence-electron chi connectivity index (χ2n) is 8.24. The molecule has 0 atom stereocenters. The van der Waals surface area contributed by atoms with Gasteiger partial charge in [-0.2, -0.15) is 0 Å². The van der Waals surface area contributed by atoms with E-state index < -0.39 is 0 Å². The molecule has 2 aliphatic rings. The summed E-state index contributed by atoms with van der Waals surface area (Å²) in [7, 11) is 2.26. The van der Waals surface area contributed by atoms with Gasteiger partial charge in [0.2, 0.25) is 0 Å². The number of hydrogen-bond acceptors (Lipinski definition) is 3. The van der Waals surface area contributed by atoms with Crippen LogP contribution in [0.25, 0.3) is 0 Å². The van der Waals surface area contributed by atoms with Crippen LogP contribution in [0.4, 0.5) is 0 Å². The van der Waals surface area contributed by atoms with E-state index in [2.05, 4.69) is 42.9 Å². The van der Waals surface area contributed by atoms with E-state index >= 15 is 0 Å². The van der Waals surface area contributed by atoms with Crippen molar-refractivity contribution < 1.29 is 0 Å². The lowest BCUT2D eigenvalue weighted by atomic mass is 9.84. The molecule has 0 amide bonds. The topological polar surface area (TPSA) is 18.5 Å². The van der Waals surface area contributed by atoms with Gasteiger partial charge in [-0.3, -0.25) is 0 Å². The molecule has 1 saturated carbocycles. The van der Waals surface area contributed by atoms with Crippen molar-refractivity contribution in [1.29, 1.82) is 0 Å². The highest BCUT2D eigenvalue weighted by Crippen LogP contribution is 2.38. The Morgan fingerprint density at radius 1 is 0.950 bits per heavy atom. The van der Waals surface area contributed by atoms with Crippen LogP contribution in [-0.4, -0.2) is 61.7 Å². The van der Waals surface area contributed by atoms with Crippen molar-refractivity contribution in [2.45, 2.75) is 58.4 Å². The van der Waals surface area contributed by atoms with Crippen molar-refractivity contribution in [1.82, 2.24) is 15.1 Å². The van der Waals surface area contributed by atoms with E-state index in [9.17, 15) is 0 Å². The van der Waals surface area contributed by atoms with Gasteiger partial charge in [-0.15, -0.1) is 0 Å². The maximum absolute atomic E-state index is 3.78. The highest BCUT2D eigenvalue weighted by Gasteiger charge is 2.36. The molecule has 0 unspecified atom stereocenters. The molecule has 0 spiro atoms. The zero-order valence-corrected chi connectivity index (χ0v) is 14.2. The molecule has 2 fully saturated rings. The highest BCUT2D eigenvalue weighted by molar-refractivity contribution is 4.91. The van der Waals surface area contributed by atoms with E-state index in [4.69, 9.17) is 0 Å². The summed E-state index contributed by atoms with van der Waals surface area (Å²) in [5.74, 6) is 0. The Morgan fingerprint density at radius 2 is 1.65 bits per heavy atom. The van der Waals surface area contributed by atoms with E-state index in [1.807, 2.05) is 0 Å². The third kappa shape index (κ3) is 5.01. The summed E-state index contributed by atoms with van der Waals surface area (Å²) in [6, 6.07) is 0. The maximum atomic E-state index is 3.78.